The first-order valence-corrected chi connectivity index (χ1v) is 6.30. The van der Waals surface area contributed by atoms with Gasteiger partial charge in [0.05, 0.1) is 6.20 Å². The van der Waals surface area contributed by atoms with Crippen molar-refractivity contribution >= 4 is 15.8 Å². The first-order chi connectivity index (χ1) is 7.50. The molecule has 6 nitrogen and oxygen atoms in total. The van der Waals surface area contributed by atoms with E-state index in [1.54, 1.807) is 6.08 Å². The maximum atomic E-state index is 12.0. The van der Waals surface area contributed by atoms with Gasteiger partial charge in [0.25, 0.3) is 0 Å². The highest BCUT2D eigenvalue weighted by Gasteiger charge is 2.24. The molecule has 0 fully saturated rings. The molecule has 0 radical (unpaired) electrons. The van der Waals surface area contributed by atoms with Gasteiger partial charge in [0.2, 0.25) is 10.0 Å². The number of hydrogen-bond acceptors (Lipinski definition) is 4. The Morgan fingerprint density at radius 1 is 1.69 bits per heavy atom. The topological polar surface area (TPSA) is 92.1 Å². The minimum absolute atomic E-state index is 0.0219. The summed E-state index contributed by atoms with van der Waals surface area (Å²) in [5.74, 6) is 0.0653. The fraction of sp³-hybridized carbons (Fsp3) is 0.444. The Morgan fingerprint density at radius 3 is 2.88 bits per heavy atom. The second kappa shape index (κ2) is 5.13. The summed E-state index contributed by atoms with van der Waals surface area (Å²) < 4.78 is 25.2. The molecule has 0 aliphatic carbocycles. The largest absolute Gasteiger partial charge is 0.383 e. The fourth-order valence-electron chi connectivity index (χ4n) is 1.24. The standard InChI is InChI=1S/C9H16N4O2S/c1-3-4-5-6-13(2)16(14,15)8-7-11-12-9(8)10/h3,7H,1,4-6H2,2H3,(H3,10,11,12). The van der Waals surface area contributed by atoms with Gasteiger partial charge in [-0.05, 0) is 12.8 Å². The van der Waals surface area contributed by atoms with Crippen molar-refractivity contribution in [2.75, 3.05) is 19.3 Å². The minimum atomic E-state index is -3.53. The Balaban J connectivity index is 2.78. The lowest BCUT2D eigenvalue weighted by atomic mass is 10.3. The number of aromatic amines is 1. The van der Waals surface area contributed by atoms with E-state index in [1.165, 1.54) is 17.5 Å². The predicted molar refractivity (Wildman–Crippen MR) is 62.2 cm³/mol. The van der Waals surface area contributed by atoms with Gasteiger partial charge in [0, 0.05) is 13.6 Å². The molecule has 1 aromatic heterocycles. The second-order valence-electron chi connectivity index (χ2n) is 3.41. The number of allylic oxidation sites excluding steroid dienone is 1. The van der Waals surface area contributed by atoms with Gasteiger partial charge in [-0.15, -0.1) is 6.58 Å². The van der Waals surface area contributed by atoms with Crippen molar-refractivity contribution in [3.8, 4) is 0 Å². The summed E-state index contributed by atoms with van der Waals surface area (Å²) in [6.45, 7) is 4.01. The van der Waals surface area contributed by atoms with E-state index in [-0.39, 0.29) is 10.7 Å². The maximum absolute atomic E-state index is 12.0. The van der Waals surface area contributed by atoms with E-state index < -0.39 is 10.0 Å². The first kappa shape index (κ1) is 12.7. The Hall–Kier alpha value is -1.34. The third-order valence-corrected chi connectivity index (χ3v) is 4.09. The molecule has 1 aromatic rings. The van der Waals surface area contributed by atoms with E-state index >= 15 is 0 Å². The van der Waals surface area contributed by atoms with E-state index in [2.05, 4.69) is 16.8 Å². The molecule has 0 saturated heterocycles. The van der Waals surface area contributed by atoms with Crippen LogP contribution in [-0.2, 0) is 10.0 Å². The SMILES string of the molecule is C=CCCCN(C)S(=O)(=O)c1cn[nH]c1N. The van der Waals surface area contributed by atoms with E-state index in [9.17, 15) is 8.42 Å². The molecule has 16 heavy (non-hydrogen) atoms. The van der Waals surface area contributed by atoms with Gasteiger partial charge in [-0.3, -0.25) is 5.10 Å². The molecule has 0 bridgehead atoms. The van der Waals surface area contributed by atoms with Gasteiger partial charge in [0.15, 0.2) is 0 Å². The van der Waals surface area contributed by atoms with Crippen LogP contribution in [0.5, 0.6) is 0 Å². The molecule has 7 heteroatoms. The first-order valence-electron chi connectivity index (χ1n) is 4.86. The van der Waals surface area contributed by atoms with Crippen LogP contribution in [0.15, 0.2) is 23.7 Å². The molecule has 0 saturated carbocycles. The summed E-state index contributed by atoms with van der Waals surface area (Å²) in [6, 6.07) is 0. The molecule has 3 N–H and O–H groups in total. The zero-order valence-corrected chi connectivity index (χ0v) is 10.00. The van der Waals surface area contributed by atoms with Gasteiger partial charge >= 0.3 is 0 Å². The summed E-state index contributed by atoms with van der Waals surface area (Å²) in [7, 11) is -2.01. The van der Waals surface area contributed by atoms with E-state index in [0.29, 0.717) is 6.54 Å². The zero-order chi connectivity index (χ0) is 12.2. The van der Waals surface area contributed by atoms with Gasteiger partial charge in [0.1, 0.15) is 10.7 Å². The number of anilines is 1. The molecule has 0 unspecified atom stereocenters. The van der Waals surface area contributed by atoms with Crippen molar-refractivity contribution in [3.05, 3.63) is 18.9 Å². The molecule has 0 aromatic carbocycles. The van der Waals surface area contributed by atoms with Crippen molar-refractivity contribution < 1.29 is 8.42 Å². The van der Waals surface area contributed by atoms with E-state index in [1.807, 2.05) is 0 Å². The molecule has 1 heterocycles. The monoisotopic (exact) mass is 244 g/mol. The second-order valence-corrected chi connectivity index (χ2v) is 5.42. The van der Waals surface area contributed by atoms with E-state index in [4.69, 9.17) is 5.73 Å². The molecule has 90 valence electrons. The smallest absolute Gasteiger partial charge is 0.248 e. The highest BCUT2D eigenvalue weighted by atomic mass is 32.2. The fourth-order valence-corrected chi connectivity index (χ4v) is 2.45. The number of nitrogen functional groups attached to an aromatic ring is 1. The zero-order valence-electron chi connectivity index (χ0n) is 9.18. The van der Waals surface area contributed by atoms with Crippen LogP contribution in [0.1, 0.15) is 12.8 Å². The number of hydrogen-bond donors (Lipinski definition) is 2. The van der Waals surface area contributed by atoms with Crippen LogP contribution in [0.2, 0.25) is 0 Å². The number of unbranched alkanes of at least 4 members (excludes halogenated alkanes) is 1. The average molecular weight is 244 g/mol. The lowest BCUT2D eigenvalue weighted by Gasteiger charge is -2.15. The van der Waals surface area contributed by atoms with Crippen LogP contribution >= 0.6 is 0 Å². The average Bonchev–Trinajstić information content (AvgIpc) is 2.65. The number of H-pyrrole nitrogens is 1. The Labute approximate surface area is 95.2 Å². The summed E-state index contributed by atoms with van der Waals surface area (Å²) in [4.78, 5) is 0.0219. The van der Waals surface area contributed by atoms with Gasteiger partial charge in [-0.1, -0.05) is 6.08 Å². The van der Waals surface area contributed by atoms with Crippen molar-refractivity contribution in [2.45, 2.75) is 17.7 Å². The molecule has 0 aliphatic rings. The third kappa shape index (κ3) is 2.61. The van der Waals surface area contributed by atoms with Crippen LogP contribution in [0.4, 0.5) is 5.82 Å². The van der Waals surface area contributed by atoms with E-state index in [0.717, 1.165) is 12.8 Å². The van der Waals surface area contributed by atoms with Crippen molar-refractivity contribution in [1.82, 2.24) is 14.5 Å². The molecule has 0 aliphatic heterocycles. The number of nitrogens with two attached hydrogens (primary N) is 1. The number of nitrogens with one attached hydrogen (secondary N) is 1. The molecule has 0 spiro atoms. The summed E-state index contributed by atoms with van der Waals surface area (Å²) in [5.41, 5.74) is 5.48. The lowest BCUT2D eigenvalue weighted by molar-refractivity contribution is 0.463. The van der Waals surface area contributed by atoms with Crippen LogP contribution in [-0.4, -0.2) is 36.5 Å². The van der Waals surface area contributed by atoms with Gasteiger partial charge in [-0.2, -0.15) is 5.10 Å². The van der Waals surface area contributed by atoms with Crippen LogP contribution in [0.3, 0.4) is 0 Å². The Bertz CT molecular complexity index is 452. The highest BCUT2D eigenvalue weighted by Crippen LogP contribution is 2.18. The van der Waals surface area contributed by atoms with Crippen LogP contribution in [0, 0.1) is 0 Å². The number of rotatable bonds is 6. The third-order valence-electron chi connectivity index (χ3n) is 2.20. The summed E-state index contributed by atoms with van der Waals surface area (Å²) in [6.07, 6.45) is 4.49. The van der Waals surface area contributed by atoms with Crippen molar-refractivity contribution in [3.63, 3.8) is 0 Å². The van der Waals surface area contributed by atoms with Crippen LogP contribution in [0.25, 0.3) is 0 Å². The number of sulfonamides is 1. The molecular weight excluding hydrogens is 228 g/mol. The molecule has 1 rings (SSSR count). The minimum Gasteiger partial charge on any atom is -0.383 e. The lowest BCUT2D eigenvalue weighted by Crippen LogP contribution is -2.28. The van der Waals surface area contributed by atoms with Gasteiger partial charge in [-0.25, -0.2) is 12.7 Å². The highest BCUT2D eigenvalue weighted by molar-refractivity contribution is 7.89. The Morgan fingerprint density at radius 2 is 2.38 bits per heavy atom. The Kier molecular flexibility index (Phi) is 4.08. The normalized spacial score (nSPS) is 11.9. The van der Waals surface area contributed by atoms with Crippen LogP contribution < -0.4 is 5.73 Å². The summed E-state index contributed by atoms with van der Waals surface area (Å²) in [5, 5.41) is 6.00. The maximum Gasteiger partial charge on any atom is 0.248 e. The molecule has 0 atom stereocenters. The number of nitrogens with zero attached hydrogens (tertiary/aromatic N) is 2. The molecular formula is C9H16N4O2S. The quantitative estimate of drug-likeness (QED) is 0.565. The predicted octanol–water partition coefficient (Wildman–Crippen LogP) is 0.579. The van der Waals surface area contributed by atoms with Crippen molar-refractivity contribution in [1.29, 1.82) is 0 Å². The summed E-state index contributed by atoms with van der Waals surface area (Å²) >= 11 is 0. The molecule has 0 amide bonds. The van der Waals surface area contributed by atoms with Crippen molar-refractivity contribution in [2.24, 2.45) is 0 Å². The number of aromatic nitrogens is 2. The van der Waals surface area contributed by atoms with Gasteiger partial charge < -0.3 is 5.73 Å².